The number of aromatic nitrogens is 1. The quantitative estimate of drug-likeness (QED) is 0.792. The van der Waals surface area contributed by atoms with Crippen LogP contribution in [0, 0.1) is 0 Å². The Balaban J connectivity index is 1.63. The van der Waals surface area contributed by atoms with Gasteiger partial charge in [0.2, 0.25) is 0 Å². The molecular formula is C17H24N3O3S2+. The van der Waals surface area contributed by atoms with Crippen molar-refractivity contribution in [1.29, 1.82) is 0 Å². The van der Waals surface area contributed by atoms with Crippen LogP contribution in [-0.2, 0) is 14.6 Å². The predicted octanol–water partition coefficient (Wildman–Crippen LogP) is 0.565. The first-order chi connectivity index (χ1) is 11.7. The summed E-state index contributed by atoms with van der Waals surface area (Å²) >= 11 is 1.65. The Labute approximate surface area is 152 Å². The van der Waals surface area contributed by atoms with Gasteiger partial charge in [-0.15, -0.1) is 11.3 Å². The summed E-state index contributed by atoms with van der Waals surface area (Å²) in [4.78, 5) is 18.1. The molecule has 1 amide bonds. The number of rotatable bonds is 5. The van der Waals surface area contributed by atoms with E-state index >= 15 is 0 Å². The fourth-order valence-corrected chi connectivity index (χ4v) is 6.39. The van der Waals surface area contributed by atoms with Crippen LogP contribution >= 0.6 is 11.3 Å². The van der Waals surface area contributed by atoms with Gasteiger partial charge in [0.05, 0.1) is 34.3 Å². The van der Waals surface area contributed by atoms with Gasteiger partial charge in [0.15, 0.2) is 21.4 Å². The van der Waals surface area contributed by atoms with Gasteiger partial charge in [-0.25, -0.2) is 13.4 Å². The van der Waals surface area contributed by atoms with E-state index in [0.29, 0.717) is 6.42 Å². The van der Waals surface area contributed by atoms with Crippen LogP contribution < -0.4 is 10.2 Å². The molecule has 0 aliphatic carbocycles. The van der Waals surface area contributed by atoms with E-state index in [9.17, 15) is 13.2 Å². The van der Waals surface area contributed by atoms with Gasteiger partial charge in [-0.05, 0) is 32.4 Å². The minimum absolute atomic E-state index is 0.0260. The lowest BCUT2D eigenvalue weighted by Crippen LogP contribution is -3.10. The number of carbonyl (C=O) groups is 1. The van der Waals surface area contributed by atoms with E-state index in [4.69, 9.17) is 0 Å². The zero-order chi connectivity index (χ0) is 18.2. The Morgan fingerprint density at radius 2 is 2.16 bits per heavy atom. The first-order valence-corrected chi connectivity index (χ1v) is 11.0. The molecule has 25 heavy (non-hydrogen) atoms. The number of quaternary nitrogens is 1. The highest BCUT2D eigenvalue weighted by Crippen LogP contribution is 2.25. The lowest BCUT2D eigenvalue weighted by Gasteiger charge is -2.26. The van der Waals surface area contributed by atoms with Crippen LogP contribution in [0.1, 0.15) is 31.3 Å². The van der Waals surface area contributed by atoms with Gasteiger partial charge in [0.25, 0.3) is 5.91 Å². The second-order valence-corrected chi connectivity index (χ2v) is 10.5. The van der Waals surface area contributed by atoms with Crippen LogP contribution in [-0.4, -0.2) is 49.9 Å². The smallest absolute Gasteiger partial charge is 0.275 e. The molecule has 1 saturated heterocycles. The molecule has 0 bridgehead atoms. The van der Waals surface area contributed by atoms with Crippen LogP contribution in [0.25, 0.3) is 10.2 Å². The maximum Gasteiger partial charge on any atom is 0.275 e. The number of amides is 1. The van der Waals surface area contributed by atoms with Crippen molar-refractivity contribution in [2.45, 2.75) is 31.8 Å². The summed E-state index contributed by atoms with van der Waals surface area (Å²) < 4.78 is 24.5. The molecule has 0 radical (unpaired) electrons. The van der Waals surface area contributed by atoms with Crippen molar-refractivity contribution in [3.63, 3.8) is 0 Å². The summed E-state index contributed by atoms with van der Waals surface area (Å²) in [5.74, 6) is 0.0531. The lowest BCUT2D eigenvalue weighted by atomic mass is 10.0. The van der Waals surface area contributed by atoms with Gasteiger partial charge >= 0.3 is 0 Å². The highest BCUT2D eigenvalue weighted by Gasteiger charge is 2.40. The third-order valence-electron chi connectivity index (χ3n) is 4.80. The van der Waals surface area contributed by atoms with E-state index in [-0.39, 0.29) is 30.0 Å². The maximum absolute atomic E-state index is 12.4. The number of likely N-dealkylation sites (N-methyl/N-ethyl adjacent to an activating group) is 1. The van der Waals surface area contributed by atoms with Gasteiger partial charge in [-0.2, -0.15) is 0 Å². The van der Waals surface area contributed by atoms with E-state index < -0.39 is 15.4 Å². The molecule has 3 atom stereocenters. The molecule has 3 rings (SSSR count). The molecule has 6 nitrogen and oxygen atoms in total. The molecule has 0 saturated carbocycles. The summed E-state index contributed by atoms with van der Waals surface area (Å²) in [5, 5.41) is 3.92. The SMILES string of the molecule is C[C@H](c1nc2ccccc2s1)[NH+](C)CC(=O)N[C@]1(C)CCS(=O)(=O)C1. The Kier molecular flexibility index (Phi) is 4.87. The number of para-hydroxylation sites is 1. The number of thiazole rings is 1. The molecule has 8 heteroatoms. The van der Waals surface area contributed by atoms with Crippen molar-refractivity contribution in [2.24, 2.45) is 0 Å². The van der Waals surface area contributed by atoms with Crippen molar-refractivity contribution in [2.75, 3.05) is 25.1 Å². The standard InChI is InChI=1S/C17H23N3O3S2/c1-12(16-18-13-6-4-5-7-14(13)24-16)20(3)10-15(21)19-17(2)8-9-25(22,23)11-17/h4-7,12H,8-11H2,1-3H3,(H,19,21)/p+1/t12-,17-/m1/s1. The Morgan fingerprint density at radius 1 is 1.44 bits per heavy atom. The minimum atomic E-state index is -3.03. The molecular weight excluding hydrogens is 358 g/mol. The maximum atomic E-state index is 12.4. The molecule has 1 aliphatic heterocycles. The van der Waals surface area contributed by atoms with Crippen molar-refractivity contribution in [3.05, 3.63) is 29.3 Å². The molecule has 1 fully saturated rings. The summed E-state index contributed by atoms with van der Waals surface area (Å²) in [6.07, 6.45) is 0.480. The van der Waals surface area contributed by atoms with Gasteiger partial charge < -0.3 is 10.2 Å². The highest BCUT2D eigenvalue weighted by molar-refractivity contribution is 7.91. The number of nitrogens with zero attached hydrogens (tertiary/aromatic N) is 1. The van der Waals surface area contributed by atoms with Crippen molar-refractivity contribution in [1.82, 2.24) is 10.3 Å². The molecule has 2 aromatic rings. The second-order valence-electron chi connectivity index (χ2n) is 7.22. The first kappa shape index (κ1) is 18.3. The molecule has 1 aliphatic rings. The Morgan fingerprint density at radius 3 is 2.80 bits per heavy atom. The molecule has 0 spiro atoms. The van der Waals surface area contributed by atoms with Gasteiger partial charge in [0, 0.05) is 0 Å². The van der Waals surface area contributed by atoms with E-state index in [1.54, 1.807) is 11.3 Å². The number of carbonyl (C=O) groups excluding carboxylic acids is 1. The monoisotopic (exact) mass is 382 g/mol. The number of hydrogen-bond donors (Lipinski definition) is 2. The normalized spacial score (nSPS) is 24.9. The summed E-state index contributed by atoms with van der Waals surface area (Å²) in [6, 6.07) is 8.09. The number of fused-ring (bicyclic) bond motifs is 1. The van der Waals surface area contributed by atoms with Gasteiger partial charge in [-0.1, -0.05) is 12.1 Å². The highest BCUT2D eigenvalue weighted by atomic mass is 32.2. The minimum Gasteiger partial charge on any atom is -0.345 e. The molecule has 2 N–H and O–H groups in total. The lowest BCUT2D eigenvalue weighted by molar-refractivity contribution is -0.902. The topological polar surface area (TPSA) is 80.6 Å². The zero-order valence-corrected chi connectivity index (χ0v) is 16.3. The van der Waals surface area contributed by atoms with E-state index in [1.165, 1.54) is 0 Å². The van der Waals surface area contributed by atoms with Crippen LogP contribution in [0.2, 0.25) is 0 Å². The average molecular weight is 383 g/mol. The van der Waals surface area contributed by atoms with Crippen molar-refractivity contribution >= 4 is 37.3 Å². The summed E-state index contributed by atoms with van der Waals surface area (Å²) in [6.45, 7) is 4.15. The third kappa shape index (κ3) is 4.19. The Bertz CT molecular complexity index is 860. The van der Waals surface area contributed by atoms with E-state index in [1.807, 2.05) is 38.2 Å². The zero-order valence-electron chi connectivity index (χ0n) is 14.7. The molecule has 2 heterocycles. The van der Waals surface area contributed by atoms with E-state index in [0.717, 1.165) is 20.1 Å². The predicted molar refractivity (Wildman–Crippen MR) is 99.6 cm³/mol. The molecule has 1 unspecified atom stereocenters. The number of hydrogen-bond acceptors (Lipinski definition) is 5. The van der Waals surface area contributed by atoms with Gasteiger partial charge in [0.1, 0.15) is 6.04 Å². The molecule has 1 aromatic heterocycles. The van der Waals surface area contributed by atoms with E-state index in [2.05, 4.69) is 17.2 Å². The largest absolute Gasteiger partial charge is 0.345 e. The fraction of sp³-hybridized carbons (Fsp3) is 0.529. The average Bonchev–Trinajstić information content (AvgIpc) is 3.06. The van der Waals surface area contributed by atoms with Crippen molar-refractivity contribution in [3.8, 4) is 0 Å². The van der Waals surface area contributed by atoms with Crippen molar-refractivity contribution < 1.29 is 18.1 Å². The second kappa shape index (κ2) is 6.66. The summed E-state index contributed by atoms with van der Waals surface area (Å²) in [5.41, 5.74) is 0.338. The molecule has 1 aromatic carbocycles. The number of nitrogens with one attached hydrogen (secondary N) is 2. The summed E-state index contributed by atoms with van der Waals surface area (Å²) in [7, 11) is -1.07. The number of benzene rings is 1. The van der Waals surface area contributed by atoms with Crippen LogP contribution in [0.15, 0.2) is 24.3 Å². The fourth-order valence-electron chi connectivity index (χ4n) is 3.18. The number of sulfone groups is 1. The van der Waals surface area contributed by atoms with Crippen LogP contribution in [0.5, 0.6) is 0 Å². The molecule has 136 valence electrons. The third-order valence-corrected chi connectivity index (χ3v) is 7.93. The van der Waals surface area contributed by atoms with Gasteiger partial charge in [-0.3, -0.25) is 4.79 Å². The van der Waals surface area contributed by atoms with Crippen LogP contribution in [0.4, 0.5) is 0 Å². The first-order valence-electron chi connectivity index (χ1n) is 8.37. The van der Waals surface area contributed by atoms with Crippen LogP contribution in [0.3, 0.4) is 0 Å². The Hall–Kier alpha value is -1.51.